The Morgan fingerprint density at radius 1 is 1.04 bits per heavy atom. The molecule has 1 N–H and O–H groups in total. The van der Waals surface area contributed by atoms with E-state index in [1.807, 2.05) is 0 Å². The van der Waals surface area contributed by atoms with Gasteiger partial charge in [0, 0.05) is 37.3 Å². The van der Waals surface area contributed by atoms with Crippen molar-refractivity contribution in [3.05, 3.63) is 11.3 Å². The van der Waals surface area contributed by atoms with Crippen LogP contribution in [0.15, 0.2) is 16.3 Å². The van der Waals surface area contributed by atoms with Gasteiger partial charge in [0.1, 0.15) is 5.84 Å². The van der Waals surface area contributed by atoms with Crippen molar-refractivity contribution in [1.29, 1.82) is 0 Å². The number of carbonyl (C=O) groups is 1. The van der Waals surface area contributed by atoms with Crippen LogP contribution in [0.25, 0.3) is 0 Å². The van der Waals surface area contributed by atoms with Crippen LogP contribution in [0.3, 0.4) is 0 Å². The topological polar surface area (TPSA) is 56.1 Å². The Labute approximate surface area is 165 Å². The van der Waals surface area contributed by atoms with E-state index in [2.05, 4.69) is 72.1 Å². The van der Waals surface area contributed by atoms with Crippen molar-refractivity contribution in [1.82, 2.24) is 9.80 Å². The average Bonchev–Trinajstić information content (AvgIpc) is 2.47. The first-order valence-corrected chi connectivity index (χ1v) is 10.2. The Balaban J connectivity index is 2.55. The first-order valence-electron chi connectivity index (χ1n) is 10.2. The fourth-order valence-corrected chi connectivity index (χ4v) is 4.14. The van der Waals surface area contributed by atoms with Gasteiger partial charge in [0.2, 0.25) is 0 Å². The normalized spacial score (nSPS) is 22.6. The molecule has 154 valence electrons. The van der Waals surface area contributed by atoms with E-state index in [0.717, 1.165) is 19.6 Å². The minimum Gasteiger partial charge on any atom is -0.481 e. The minimum absolute atomic E-state index is 0.00819. The number of piperazine rings is 1. The largest absolute Gasteiger partial charge is 0.481 e. The summed E-state index contributed by atoms with van der Waals surface area (Å²) >= 11 is 0. The maximum atomic E-state index is 11.0. The van der Waals surface area contributed by atoms with Gasteiger partial charge in [-0.15, -0.1) is 0 Å². The van der Waals surface area contributed by atoms with Gasteiger partial charge in [-0.25, -0.2) is 0 Å². The van der Waals surface area contributed by atoms with Gasteiger partial charge in [0.05, 0.1) is 12.5 Å². The second kappa shape index (κ2) is 7.23. The molecule has 0 amide bonds. The molecule has 0 aromatic heterocycles. The van der Waals surface area contributed by atoms with Crippen molar-refractivity contribution in [3.63, 3.8) is 0 Å². The smallest absolute Gasteiger partial charge is 0.304 e. The summed E-state index contributed by atoms with van der Waals surface area (Å²) in [7, 11) is 0. The molecular weight excluding hydrogens is 338 g/mol. The monoisotopic (exact) mass is 377 g/mol. The molecule has 2 aliphatic rings. The number of rotatable bonds is 3. The highest BCUT2D eigenvalue weighted by atomic mass is 16.4. The number of aliphatic imine (C=N–C) groups is 1. The van der Waals surface area contributed by atoms with E-state index in [9.17, 15) is 4.79 Å². The molecule has 0 spiro atoms. The quantitative estimate of drug-likeness (QED) is 0.799. The molecule has 0 aromatic carbocycles. The van der Waals surface area contributed by atoms with Crippen molar-refractivity contribution < 1.29 is 9.90 Å². The number of hydrogen-bond acceptors (Lipinski definition) is 4. The standard InChI is InChI=1S/C22H39N3O2/c1-20(2,3)17-15-14-24(11-10-16(26)27)12-13-25(15)19(22(7,8)9)23-18(17)21(4,5)6/h18H,10-14H2,1-9H3,(H,26,27). The van der Waals surface area contributed by atoms with E-state index in [4.69, 9.17) is 10.1 Å². The number of carboxylic acids is 1. The van der Waals surface area contributed by atoms with Crippen LogP contribution < -0.4 is 0 Å². The average molecular weight is 378 g/mol. The van der Waals surface area contributed by atoms with Crippen LogP contribution in [0.2, 0.25) is 0 Å². The van der Waals surface area contributed by atoms with Gasteiger partial charge in [-0.3, -0.25) is 14.7 Å². The lowest BCUT2D eigenvalue weighted by Gasteiger charge is -2.51. The molecule has 1 unspecified atom stereocenters. The second-order valence-corrected chi connectivity index (χ2v) is 11.2. The first-order chi connectivity index (χ1) is 12.1. The Hall–Kier alpha value is -1.36. The lowest BCUT2D eigenvalue weighted by Crippen LogP contribution is -2.55. The second-order valence-electron chi connectivity index (χ2n) is 11.2. The first kappa shape index (κ1) is 21.9. The van der Waals surface area contributed by atoms with E-state index < -0.39 is 5.97 Å². The van der Waals surface area contributed by atoms with Gasteiger partial charge in [-0.2, -0.15) is 0 Å². The summed E-state index contributed by atoms with van der Waals surface area (Å²) in [4.78, 5) is 21.1. The van der Waals surface area contributed by atoms with Gasteiger partial charge in [0.15, 0.2) is 0 Å². The van der Waals surface area contributed by atoms with E-state index in [-0.39, 0.29) is 28.7 Å². The zero-order valence-electron chi connectivity index (χ0n) is 18.8. The van der Waals surface area contributed by atoms with E-state index in [1.54, 1.807) is 0 Å². The molecule has 1 atom stereocenters. The summed E-state index contributed by atoms with van der Waals surface area (Å²) < 4.78 is 0. The van der Waals surface area contributed by atoms with Crippen LogP contribution in [0.1, 0.15) is 68.7 Å². The minimum atomic E-state index is -0.726. The molecule has 2 rings (SSSR count). The molecule has 2 aliphatic heterocycles. The van der Waals surface area contributed by atoms with E-state index in [0.29, 0.717) is 6.54 Å². The van der Waals surface area contributed by atoms with Crippen molar-refractivity contribution >= 4 is 11.8 Å². The third-order valence-electron chi connectivity index (χ3n) is 5.37. The Bertz CT molecular complexity index is 642. The Morgan fingerprint density at radius 2 is 1.63 bits per heavy atom. The van der Waals surface area contributed by atoms with Crippen molar-refractivity contribution in [2.45, 2.75) is 74.8 Å². The van der Waals surface area contributed by atoms with Crippen LogP contribution in [0, 0.1) is 16.2 Å². The Morgan fingerprint density at radius 3 is 2.07 bits per heavy atom. The van der Waals surface area contributed by atoms with Crippen LogP contribution in [-0.4, -0.2) is 58.9 Å². The lowest BCUT2D eigenvalue weighted by molar-refractivity contribution is -0.137. The molecule has 2 heterocycles. The third-order valence-corrected chi connectivity index (χ3v) is 5.37. The highest BCUT2D eigenvalue weighted by molar-refractivity contribution is 5.90. The molecule has 0 aliphatic carbocycles. The summed E-state index contributed by atoms with van der Waals surface area (Å²) in [5, 5.41) is 9.09. The number of hydrogen-bond donors (Lipinski definition) is 1. The van der Waals surface area contributed by atoms with Gasteiger partial charge in [0.25, 0.3) is 0 Å². The van der Waals surface area contributed by atoms with E-state index >= 15 is 0 Å². The van der Waals surface area contributed by atoms with E-state index in [1.165, 1.54) is 17.1 Å². The SMILES string of the molecule is CC(C)(C)C1=NC(C(C)(C)C)C(C(C)(C)C)=C2CN(CCC(=O)O)CCN12. The molecule has 1 saturated heterocycles. The highest BCUT2D eigenvalue weighted by Gasteiger charge is 2.44. The fraction of sp³-hybridized carbons (Fsp3) is 0.818. The summed E-state index contributed by atoms with van der Waals surface area (Å²) in [6, 6.07) is 0.136. The number of nitrogens with zero attached hydrogens (tertiary/aromatic N) is 3. The zero-order chi connectivity index (χ0) is 20.8. The van der Waals surface area contributed by atoms with Crippen molar-refractivity contribution in [2.24, 2.45) is 21.2 Å². The summed E-state index contributed by atoms with van der Waals surface area (Å²) in [5.74, 6) is 0.443. The molecule has 0 saturated carbocycles. The van der Waals surface area contributed by atoms with Gasteiger partial charge < -0.3 is 10.0 Å². The summed E-state index contributed by atoms with van der Waals surface area (Å²) in [6.45, 7) is 23.5. The van der Waals surface area contributed by atoms with Gasteiger partial charge >= 0.3 is 5.97 Å². The number of carboxylic acid groups (broad SMARTS) is 1. The summed E-state index contributed by atoms with van der Waals surface area (Å²) in [6.07, 6.45) is 0.195. The fourth-order valence-electron chi connectivity index (χ4n) is 4.14. The third kappa shape index (κ3) is 4.92. The van der Waals surface area contributed by atoms with Crippen LogP contribution in [0.4, 0.5) is 0 Å². The lowest BCUT2D eigenvalue weighted by atomic mass is 9.70. The van der Waals surface area contributed by atoms with Crippen molar-refractivity contribution in [3.8, 4) is 0 Å². The zero-order valence-corrected chi connectivity index (χ0v) is 18.8. The maximum absolute atomic E-state index is 11.0. The molecule has 1 fully saturated rings. The van der Waals surface area contributed by atoms with Gasteiger partial charge in [-0.1, -0.05) is 62.3 Å². The van der Waals surface area contributed by atoms with Crippen LogP contribution >= 0.6 is 0 Å². The predicted octanol–water partition coefficient (Wildman–Crippen LogP) is 4.25. The van der Waals surface area contributed by atoms with Gasteiger partial charge in [-0.05, 0) is 16.4 Å². The maximum Gasteiger partial charge on any atom is 0.304 e. The van der Waals surface area contributed by atoms with Crippen molar-refractivity contribution in [2.75, 3.05) is 26.2 Å². The van der Waals surface area contributed by atoms with Crippen LogP contribution in [-0.2, 0) is 4.79 Å². The number of aliphatic carboxylic acids is 1. The summed E-state index contributed by atoms with van der Waals surface area (Å²) in [5.41, 5.74) is 2.76. The Kier molecular flexibility index (Phi) is 5.87. The highest BCUT2D eigenvalue weighted by Crippen LogP contribution is 2.45. The molecule has 5 heteroatoms. The van der Waals surface area contributed by atoms with Crippen LogP contribution in [0.5, 0.6) is 0 Å². The molecule has 0 aromatic rings. The molecule has 0 radical (unpaired) electrons. The molecule has 5 nitrogen and oxygen atoms in total. The molecule has 27 heavy (non-hydrogen) atoms. The number of amidine groups is 1. The predicted molar refractivity (Wildman–Crippen MR) is 112 cm³/mol. The molecular formula is C22H39N3O2. The number of fused-ring (bicyclic) bond motifs is 1. The molecule has 0 bridgehead atoms.